The minimum Gasteiger partial charge on any atom is -0.481 e. The van der Waals surface area contributed by atoms with E-state index in [0.717, 1.165) is 181 Å². The van der Waals surface area contributed by atoms with Crippen molar-refractivity contribution in [2.24, 2.45) is 218 Å². The van der Waals surface area contributed by atoms with Crippen molar-refractivity contribution in [1.29, 1.82) is 0 Å². The maximum Gasteiger partial charge on any atom is 0.312 e. The SMILES string of the molecule is C1CCOC1.CC(C)CCC[C@@H](C)[C@H]1CC[C@H]2[C@@H]3CC=C4C[C@@H](O)CC[C@]4(C)[C@H]3CC[C@]12C.CC(C)CCC[C@@H](C)[C@H]1CC[C@H]2[C@@H]3CC=C4C[C@H](OC(=O)[C@]56CC[C@@H](C(C)C)C5[C@H]5CC[C@@H]7[C@@]8(C)CCC(=O)C(C)(C)C8CC[C@@]7(C)[C@]5(C)CC6)CC[C@]4(C)[C@H]3CC[C@]12C.CC(C)[C@@H]1CC[C@]2(C(=O)O)CC[C@]3(C)[C@H](CC[C@@H]4[C@@]5(C)CCC(=O)C(C)(C)C5CC[C@]43C)C12. The molecule has 714 valence electrons. The smallest absolute Gasteiger partial charge is 0.312 e. The van der Waals surface area contributed by atoms with Crippen molar-refractivity contribution >= 4 is 23.5 Å². The van der Waals surface area contributed by atoms with Crippen molar-refractivity contribution in [2.45, 2.75) is 461 Å². The lowest BCUT2D eigenvalue weighted by molar-refractivity contribution is -0.238. The number of aliphatic hydroxyl groups is 1. The molecule has 16 saturated carbocycles. The van der Waals surface area contributed by atoms with Gasteiger partial charge < -0.3 is 19.7 Å². The molecule has 0 spiro atoms. The van der Waals surface area contributed by atoms with Gasteiger partial charge in [0.15, 0.2) is 0 Å². The molecular formula is C118H194O8. The zero-order valence-electron chi connectivity index (χ0n) is 86.0. The van der Waals surface area contributed by atoms with Crippen molar-refractivity contribution in [3.8, 4) is 0 Å². The summed E-state index contributed by atoms with van der Waals surface area (Å²) in [6.45, 7) is 61.6. The van der Waals surface area contributed by atoms with Crippen LogP contribution < -0.4 is 0 Å². The molecule has 34 atom stereocenters. The first-order valence-electron chi connectivity index (χ1n) is 55.3. The lowest BCUT2D eigenvalue weighted by Crippen LogP contribution is -2.67. The molecule has 0 aromatic carbocycles. The van der Waals surface area contributed by atoms with Gasteiger partial charge >= 0.3 is 11.9 Å². The van der Waals surface area contributed by atoms with Gasteiger partial charge in [-0.1, -0.05) is 228 Å². The highest BCUT2D eigenvalue weighted by molar-refractivity contribution is 5.86. The summed E-state index contributed by atoms with van der Waals surface area (Å²) >= 11 is 0. The van der Waals surface area contributed by atoms with Crippen LogP contribution in [-0.2, 0) is 28.7 Å². The van der Waals surface area contributed by atoms with Crippen molar-refractivity contribution in [2.75, 3.05) is 13.2 Å². The highest BCUT2D eigenvalue weighted by atomic mass is 16.5. The number of carbonyl (C=O) groups excluding carboxylic acids is 3. The Morgan fingerprint density at radius 1 is 0.405 bits per heavy atom. The van der Waals surface area contributed by atoms with Gasteiger partial charge in [0.05, 0.1) is 16.9 Å². The summed E-state index contributed by atoms with van der Waals surface area (Å²) in [5.41, 5.74) is 5.23. The molecular weight excluding hydrogens is 1550 g/mol. The van der Waals surface area contributed by atoms with E-state index < -0.39 is 11.4 Å². The van der Waals surface area contributed by atoms with Gasteiger partial charge in [-0.25, -0.2) is 0 Å². The van der Waals surface area contributed by atoms with E-state index in [0.29, 0.717) is 98.8 Å². The Labute approximate surface area is 772 Å². The summed E-state index contributed by atoms with van der Waals surface area (Å²) in [5.74, 6) is 17.7. The second-order valence-corrected chi connectivity index (χ2v) is 55.3. The molecule has 0 radical (unpaired) electrons. The van der Waals surface area contributed by atoms with Gasteiger partial charge in [-0.3, -0.25) is 19.2 Å². The number of ketones is 2. The largest absolute Gasteiger partial charge is 0.481 e. The van der Waals surface area contributed by atoms with Gasteiger partial charge in [0.2, 0.25) is 0 Å². The van der Waals surface area contributed by atoms with E-state index >= 15 is 4.79 Å². The summed E-state index contributed by atoms with van der Waals surface area (Å²) in [5, 5.41) is 20.7. The summed E-state index contributed by atoms with van der Waals surface area (Å²) in [6, 6.07) is 0. The Morgan fingerprint density at radius 3 is 1.25 bits per heavy atom. The normalized spacial score (nSPS) is 49.5. The molecule has 0 aromatic rings. The number of hydrogen-bond acceptors (Lipinski definition) is 7. The molecule has 8 nitrogen and oxygen atoms in total. The Balaban J connectivity index is 0.000000148. The third-order valence-corrected chi connectivity index (χ3v) is 48.6. The van der Waals surface area contributed by atoms with Crippen LogP contribution in [0.3, 0.4) is 0 Å². The van der Waals surface area contributed by atoms with Crippen LogP contribution in [0.2, 0.25) is 0 Å². The first-order chi connectivity index (χ1) is 59.2. The fourth-order valence-corrected chi connectivity index (χ4v) is 41.3. The fourth-order valence-electron chi connectivity index (χ4n) is 41.3. The minimum absolute atomic E-state index is 0.0482. The average Bonchev–Trinajstić information content (AvgIpc) is 1.53. The molecule has 1 saturated heterocycles. The number of aliphatic carboxylic acids is 1. The Bertz CT molecular complexity index is 3970. The number of ether oxygens (including phenoxy) is 2. The van der Waals surface area contributed by atoms with E-state index in [1.807, 2.05) is 0 Å². The molecule has 8 heteroatoms. The van der Waals surface area contributed by atoms with Crippen LogP contribution >= 0.6 is 0 Å². The molecule has 18 aliphatic carbocycles. The molecule has 126 heavy (non-hydrogen) atoms. The number of Topliss-reactive ketones (excluding diaryl/α,β-unsaturated/α-hetero) is 2. The first-order valence-corrected chi connectivity index (χ1v) is 55.3. The molecule has 2 N–H and O–H groups in total. The summed E-state index contributed by atoms with van der Waals surface area (Å²) < 4.78 is 12.0. The van der Waals surface area contributed by atoms with Crippen LogP contribution in [0.5, 0.6) is 0 Å². The second-order valence-electron chi connectivity index (χ2n) is 55.3. The third-order valence-electron chi connectivity index (χ3n) is 48.6. The quantitative estimate of drug-likeness (QED) is 0.123. The molecule has 0 amide bonds. The first kappa shape index (κ1) is 96.8. The monoisotopic (exact) mass is 1740 g/mol. The second kappa shape index (κ2) is 35.0. The number of allylic oxidation sites excluding steroid dienone is 2. The van der Waals surface area contributed by atoms with Gasteiger partial charge in [-0.15, -0.1) is 0 Å². The average molecular weight is 1740 g/mol. The lowest BCUT2D eigenvalue weighted by atomic mass is 9.32. The predicted molar refractivity (Wildman–Crippen MR) is 518 cm³/mol. The van der Waals surface area contributed by atoms with Crippen LogP contribution in [0.15, 0.2) is 23.3 Å². The maximum atomic E-state index is 15.3. The van der Waals surface area contributed by atoms with Crippen LogP contribution in [0, 0.1) is 218 Å². The van der Waals surface area contributed by atoms with Crippen LogP contribution in [0.1, 0.15) is 449 Å². The van der Waals surface area contributed by atoms with Crippen LogP contribution in [0.4, 0.5) is 0 Å². The Kier molecular flexibility index (Phi) is 26.9. The number of aliphatic hydroxyl groups excluding tert-OH is 1. The van der Waals surface area contributed by atoms with E-state index in [1.54, 1.807) is 11.1 Å². The van der Waals surface area contributed by atoms with Crippen LogP contribution in [-0.4, -0.2) is 59.1 Å². The van der Waals surface area contributed by atoms with Gasteiger partial charge in [-0.05, 0) is 421 Å². The molecule has 4 unspecified atom stereocenters. The molecule has 19 rings (SSSR count). The van der Waals surface area contributed by atoms with E-state index in [2.05, 4.69) is 178 Å². The Hall–Kier alpha value is -2.32. The Morgan fingerprint density at radius 2 is 0.825 bits per heavy atom. The number of carboxylic acids is 1. The summed E-state index contributed by atoms with van der Waals surface area (Å²) in [4.78, 5) is 54.3. The standard InChI is InChI=1S/C57H92O3.C30H48O3.C27H46O.C4H8O/c1-35(2)14-13-15-37(5)42-18-19-43-41-17-16-38-34-39(22-27-52(38,8)44(41)24-28-53(42,43)9)60-50(59)57-31-23-40(36(3)4)49(57)45-20-21-47-54(10)29-26-48(58)51(6,7)46(54)25-30-56(47,12)55(45,11)32-33-57;1-18(2)19-10-15-30(25(32)33)17-16-28(6)20(24(19)30)8-9-22-27(5)13-12-23(31)26(3,4)21(27)11-14-29(22,28)7;1-18(2)7-6-8-19(3)23-11-12-24-22-10-9-20-17-21(28)13-15-26(20,4)25(22)14-16-27(23,24)5;1-2-4-5-3-1/h16,35-37,39-47,49H,13-15,17-34H2,1-12H3;18-22,24H,8-17H2,1-7H3,(H,32,33);9,18-19,21-25,28H,6-8,10-17H2,1-5H3;1-4H2/t37-,39-,40+,41+,42-,43+,44+,45-,46?,47-,49?,52+,53-,54+,55-,56-,57+;19-,20+,21?,22+,24?,27-,28+,29+,30-;19-,21+,22+,23-,24+,25+,26+,27-;/m101./s1. The number of carbonyl (C=O) groups is 4. The van der Waals surface area contributed by atoms with E-state index in [4.69, 9.17) is 9.47 Å². The maximum absolute atomic E-state index is 15.3. The summed E-state index contributed by atoms with van der Waals surface area (Å²) in [7, 11) is 0. The van der Waals surface area contributed by atoms with E-state index in [1.165, 1.54) is 186 Å². The number of carboxylic acid groups (broad SMARTS) is 1. The molecule has 1 aliphatic heterocycles. The molecule has 0 aromatic heterocycles. The number of rotatable bonds is 15. The van der Waals surface area contributed by atoms with E-state index in [9.17, 15) is 24.6 Å². The van der Waals surface area contributed by atoms with Gasteiger partial charge in [0.1, 0.15) is 17.7 Å². The van der Waals surface area contributed by atoms with Gasteiger partial charge in [-0.2, -0.15) is 0 Å². The molecule has 1 heterocycles. The minimum atomic E-state index is -0.506. The predicted octanol–water partition coefficient (Wildman–Crippen LogP) is 30.8. The zero-order valence-corrected chi connectivity index (χ0v) is 86.0. The van der Waals surface area contributed by atoms with Crippen molar-refractivity contribution in [3.05, 3.63) is 23.3 Å². The zero-order chi connectivity index (χ0) is 90.8. The number of esters is 1. The topological polar surface area (TPSA) is 127 Å². The highest BCUT2D eigenvalue weighted by Crippen LogP contribution is 2.81. The van der Waals surface area contributed by atoms with E-state index in [-0.39, 0.29) is 72.3 Å². The molecule has 0 bridgehead atoms. The lowest BCUT2D eigenvalue weighted by Gasteiger charge is -2.72. The molecule has 19 aliphatic rings. The fraction of sp³-hybridized carbons (Fsp3) is 0.932. The van der Waals surface area contributed by atoms with Crippen LogP contribution in [0.25, 0.3) is 0 Å². The van der Waals surface area contributed by atoms with Gasteiger partial charge in [0, 0.05) is 43.3 Å². The number of fused-ring (bicyclic) bond motifs is 24. The summed E-state index contributed by atoms with van der Waals surface area (Å²) in [6.07, 6.45) is 58.6. The van der Waals surface area contributed by atoms with Crippen molar-refractivity contribution < 1.29 is 38.9 Å². The third kappa shape index (κ3) is 15.3. The highest BCUT2D eigenvalue weighted by Gasteiger charge is 2.76. The van der Waals surface area contributed by atoms with Crippen molar-refractivity contribution in [1.82, 2.24) is 0 Å². The number of hydrogen-bond donors (Lipinski definition) is 2. The van der Waals surface area contributed by atoms with Gasteiger partial charge in [0.25, 0.3) is 0 Å². The molecule has 17 fully saturated rings. The van der Waals surface area contributed by atoms with Crippen molar-refractivity contribution in [3.63, 3.8) is 0 Å².